The van der Waals surface area contributed by atoms with Crippen LogP contribution in [0.15, 0.2) is 18.2 Å². The van der Waals surface area contributed by atoms with Crippen LogP contribution in [0.3, 0.4) is 0 Å². The van der Waals surface area contributed by atoms with Crippen LogP contribution in [-0.4, -0.2) is 56.6 Å². The van der Waals surface area contributed by atoms with E-state index < -0.39 is 0 Å². The number of nitrogens with zero attached hydrogens (tertiary/aromatic N) is 1. The molecule has 108 valence electrons. The van der Waals surface area contributed by atoms with Crippen LogP contribution < -0.4 is 4.74 Å². The fourth-order valence-electron chi connectivity index (χ4n) is 1.59. The molecule has 0 aromatic heterocycles. The topological polar surface area (TPSA) is 41.9 Å². The number of halogens is 1. The molecule has 0 amide bonds. The van der Waals surface area contributed by atoms with Crippen molar-refractivity contribution in [2.24, 2.45) is 0 Å². The predicted octanol–water partition coefficient (Wildman–Crippen LogP) is 1.97. The normalized spacial score (nSPS) is 11.0. The van der Waals surface area contributed by atoms with E-state index >= 15 is 0 Å². The van der Waals surface area contributed by atoms with Crippen LogP contribution in [0.4, 0.5) is 0 Å². The van der Waals surface area contributed by atoms with Gasteiger partial charge in [0.2, 0.25) is 0 Å². The van der Waals surface area contributed by atoms with Gasteiger partial charge in [-0.1, -0.05) is 11.6 Å². The van der Waals surface area contributed by atoms with Crippen molar-refractivity contribution in [2.75, 3.05) is 46.6 Å². The van der Waals surface area contributed by atoms with E-state index in [2.05, 4.69) is 0 Å². The minimum atomic E-state index is 0.176. The van der Waals surface area contributed by atoms with Crippen molar-refractivity contribution in [3.63, 3.8) is 0 Å². The second-order valence-electron chi connectivity index (χ2n) is 4.40. The maximum absolute atomic E-state index is 8.74. The molecule has 0 atom stereocenters. The number of aliphatic hydroxyl groups is 1. The van der Waals surface area contributed by atoms with E-state index in [1.54, 1.807) is 0 Å². The molecule has 1 aromatic rings. The van der Waals surface area contributed by atoms with Gasteiger partial charge in [0.15, 0.2) is 0 Å². The van der Waals surface area contributed by atoms with E-state index in [9.17, 15) is 0 Å². The van der Waals surface area contributed by atoms with Gasteiger partial charge in [-0.3, -0.25) is 0 Å². The molecule has 0 saturated carbocycles. The molecule has 1 aromatic carbocycles. The summed E-state index contributed by atoms with van der Waals surface area (Å²) in [6.45, 7) is 5.33. The number of likely N-dealkylation sites (N-methyl/N-ethyl adjacent to an activating group) is 1. The van der Waals surface area contributed by atoms with Crippen LogP contribution in [0.5, 0.6) is 5.75 Å². The van der Waals surface area contributed by atoms with Crippen molar-refractivity contribution in [2.45, 2.75) is 6.92 Å². The minimum Gasteiger partial charge on any atom is -0.491 e. The molecule has 0 aliphatic carbocycles. The Hall–Kier alpha value is -0.810. The molecule has 5 heteroatoms. The first-order valence-electron chi connectivity index (χ1n) is 6.39. The fraction of sp³-hybridized carbons (Fsp3) is 0.571. The van der Waals surface area contributed by atoms with Gasteiger partial charge in [0.1, 0.15) is 12.4 Å². The molecule has 0 saturated heterocycles. The highest BCUT2D eigenvalue weighted by atomic mass is 35.5. The highest BCUT2D eigenvalue weighted by Gasteiger charge is 2.00. The van der Waals surface area contributed by atoms with Gasteiger partial charge in [0, 0.05) is 18.1 Å². The smallest absolute Gasteiger partial charge is 0.122 e. The Morgan fingerprint density at radius 1 is 1.21 bits per heavy atom. The van der Waals surface area contributed by atoms with Gasteiger partial charge in [0.25, 0.3) is 0 Å². The summed E-state index contributed by atoms with van der Waals surface area (Å²) < 4.78 is 11.1. The van der Waals surface area contributed by atoms with E-state index in [0.29, 0.717) is 31.4 Å². The zero-order chi connectivity index (χ0) is 14.1. The van der Waals surface area contributed by atoms with Gasteiger partial charge in [-0.25, -0.2) is 0 Å². The van der Waals surface area contributed by atoms with Gasteiger partial charge in [-0.05, 0) is 37.7 Å². The zero-order valence-corrected chi connectivity index (χ0v) is 12.3. The molecular formula is C14H22ClNO3. The molecule has 0 heterocycles. The highest BCUT2D eigenvalue weighted by molar-refractivity contribution is 6.30. The monoisotopic (exact) mass is 287 g/mol. The SMILES string of the molecule is Cc1cc(Cl)ccc1OCCOCCN(C)CCO. The summed E-state index contributed by atoms with van der Waals surface area (Å²) in [6.07, 6.45) is 0. The van der Waals surface area contributed by atoms with Crippen LogP contribution in [0.1, 0.15) is 5.56 Å². The predicted molar refractivity (Wildman–Crippen MR) is 77.1 cm³/mol. The first-order chi connectivity index (χ1) is 9.13. The Balaban J connectivity index is 2.11. The lowest BCUT2D eigenvalue weighted by atomic mass is 10.2. The Kier molecular flexibility index (Phi) is 7.82. The van der Waals surface area contributed by atoms with E-state index in [1.807, 2.05) is 37.1 Å². The average Bonchev–Trinajstić information content (AvgIpc) is 2.36. The van der Waals surface area contributed by atoms with Gasteiger partial charge < -0.3 is 19.5 Å². The Labute approximate surface area is 119 Å². The van der Waals surface area contributed by atoms with Gasteiger partial charge in [-0.15, -0.1) is 0 Å². The average molecular weight is 288 g/mol. The summed E-state index contributed by atoms with van der Waals surface area (Å²) in [5.74, 6) is 0.838. The molecule has 1 rings (SSSR count). The highest BCUT2D eigenvalue weighted by Crippen LogP contribution is 2.21. The molecular weight excluding hydrogens is 266 g/mol. The summed E-state index contributed by atoms with van der Waals surface area (Å²) in [5.41, 5.74) is 1.02. The zero-order valence-electron chi connectivity index (χ0n) is 11.6. The Morgan fingerprint density at radius 2 is 2.00 bits per heavy atom. The third-order valence-corrected chi connectivity index (χ3v) is 2.96. The number of rotatable bonds is 9. The number of aliphatic hydroxyl groups excluding tert-OH is 1. The lowest BCUT2D eigenvalue weighted by Crippen LogP contribution is -2.26. The molecule has 0 radical (unpaired) electrons. The lowest BCUT2D eigenvalue weighted by Gasteiger charge is -2.15. The van der Waals surface area contributed by atoms with Crippen LogP contribution in [-0.2, 0) is 4.74 Å². The van der Waals surface area contributed by atoms with Gasteiger partial charge in [-0.2, -0.15) is 0 Å². The number of hydrogen-bond acceptors (Lipinski definition) is 4. The maximum atomic E-state index is 8.74. The third kappa shape index (κ3) is 6.78. The quantitative estimate of drug-likeness (QED) is 0.705. The van der Waals surface area contributed by atoms with E-state index in [-0.39, 0.29) is 6.61 Å². The lowest BCUT2D eigenvalue weighted by molar-refractivity contribution is 0.0811. The standard InChI is InChI=1S/C14H22ClNO3/c1-12-11-13(15)3-4-14(12)19-10-9-18-8-6-16(2)5-7-17/h3-4,11,17H,5-10H2,1-2H3. The minimum absolute atomic E-state index is 0.176. The summed E-state index contributed by atoms with van der Waals surface area (Å²) in [5, 5.41) is 9.45. The number of benzene rings is 1. The van der Waals surface area contributed by atoms with Crippen molar-refractivity contribution < 1.29 is 14.6 Å². The van der Waals surface area contributed by atoms with Crippen molar-refractivity contribution >= 4 is 11.6 Å². The molecule has 0 aliphatic rings. The Morgan fingerprint density at radius 3 is 2.68 bits per heavy atom. The van der Waals surface area contributed by atoms with Crippen molar-refractivity contribution in [1.29, 1.82) is 0 Å². The second-order valence-corrected chi connectivity index (χ2v) is 4.83. The molecule has 0 fully saturated rings. The van der Waals surface area contributed by atoms with Crippen LogP contribution in [0.25, 0.3) is 0 Å². The van der Waals surface area contributed by atoms with Crippen LogP contribution in [0.2, 0.25) is 5.02 Å². The Bertz CT molecular complexity index is 374. The summed E-state index contributed by atoms with van der Waals surface area (Å²) in [4.78, 5) is 2.02. The summed E-state index contributed by atoms with van der Waals surface area (Å²) in [6, 6.07) is 5.56. The van der Waals surface area contributed by atoms with Gasteiger partial charge >= 0.3 is 0 Å². The number of aryl methyl sites for hydroxylation is 1. The van der Waals surface area contributed by atoms with Gasteiger partial charge in [0.05, 0.1) is 19.8 Å². The van der Waals surface area contributed by atoms with E-state index in [4.69, 9.17) is 26.2 Å². The van der Waals surface area contributed by atoms with Crippen molar-refractivity contribution in [3.05, 3.63) is 28.8 Å². The summed E-state index contributed by atoms with van der Waals surface area (Å²) >= 11 is 5.87. The first-order valence-corrected chi connectivity index (χ1v) is 6.77. The molecule has 0 spiro atoms. The largest absolute Gasteiger partial charge is 0.491 e. The maximum Gasteiger partial charge on any atom is 0.122 e. The number of hydrogen-bond donors (Lipinski definition) is 1. The van der Waals surface area contributed by atoms with Crippen molar-refractivity contribution in [3.8, 4) is 5.75 Å². The molecule has 0 aliphatic heterocycles. The van der Waals surface area contributed by atoms with E-state index in [0.717, 1.165) is 17.9 Å². The number of ether oxygens (including phenoxy) is 2. The first kappa shape index (κ1) is 16.2. The fourth-order valence-corrected chi connectivity index (χ4v) is 1.82. The van der Waals surface area contributed by atoms with Crippen molar-refractivity contribution in [1.82, 2.24) is 4.90 Å². The summed E-state index contributed by atoms with van der Waals surface area (Å²) in [7, 11) is 1.95. The third-order valence-electron chi connectivity index (χ3n) is 2.72. The molecule has 0 unspecified atom stereocenters. The molecule has 4 nitrogen and oxygen atoms in total. The molecule has 19 heavy (non-hydrogen) atoms. The van der Waals surface area contributed by atoms with Crippen LogP contribution >= 0.6 is 11.6 Å². The van der Waals surface area contributed by atoms with Crippen LogP contribution in [0, 0.1) is 6.92 Å². The molecule has 1 N–H and O–H groups in total. The molecule has 0 bridgehead atoms. The second kappa shape index (κ2) is 9.15. The van der Waals surface area contributed by atoms with E-state index in [1.165, 1.54) is 0 Å².